The van der Waals surface area contributed by atoms with Gasteiger partial charge in [-0.1, -0.05) is 13.8 Å². The molecule has 0 radical (unpaired) electrons. The van der Waals surface area contributed by atoms with Crippen LogP contribution in [0.3, 0.4) is 0 Å². The fourth-order valence-corrected chi connectivity index (χ4v) is 4.68. The normalized spacial score (nSPS) is 32.6. The van der Waals surface area contributed by atoms with E-state index in [-0.39, 0.29) is 6.10 Å². The van der Waals surface area contributed by atoms with E-state index in [1.165, 1.54) is 6.42 Å². The Labute approximate surface area is 110 Å². The molecule has 1 fully saturated rings. The second-order valence-corrected chi connectivity index (χ2v) is 7.06. The first kappa shape index (κ1) is 12.6. The molecule has 0 spiro atoms. The van der Waals surface area contributed by atoms with E-state index in [2.05, 4.69) is 29.8 Å². The number of aliphatic hydroxyl groups excluding tert-OH is 1. The fourth-order valence-electron chi connectivity index (χ4n) is 3.00. The maximum absolute atomic E-state index is 10.4. The summed E-state index contributed by atoms with van der Waals surface area (Å²) in [6.07, 6.45) is 3.36. The SMILES string of the molecule is CC1CC(C)CC(C(O)c2sccc2Br)C1. The highest BCUT2D eigenvalue weighted by Gasteiger charge is 2.31. The molecule has 1 aromatic heterocycles. The van der Waals surface area contributed by atoms with Crippen LogP contribution in [0.15, 0.2) is 15.9 Å². The molecule has 1 aromatic rings. The molecule has 90 valence electrons. The number of rotatable bonds is 2. The second-order valence-electron chi connectivity index (χ2n) is 5.26. The van der Waals surface area contributed by atoms with Crippen LogP contribution in [0.4, 0.5) is 0 Å². The maximum atomic E-state index is 10.4. The summed E-state index contributed by atoms with van der Waals surface area (Å²) < 4.78 is 1.07. The average molecular weight is 303 g/mol. The highest BCUT2D eigenvalue weighted by Crippen LogP contribution is 2.42. The van der Waals surface area contributed by atoms with Gasteiger partial charge in [0.1, 0.15) is 0 Å². The molecule has 3 unspecified atom stereocenters. The van der Waals surface area contributed by atoms with Gasteiger partial charge in [-0.15, -0.1) is 11.3 Å². The first-order valence-electron chi connectivity index (χ1n) is 5.99. The highest BCUT2D eigenvalue weighted by molar-refractivity contribution is 9.10. The van der Waals surface area contributed by atoms with Crippen LogP contribution >= 0.6 is 27.3 Å². The van der Waals surface area contributed by atoms with Crippen molar-refractivity contribution in [2.45, 2.75) is 39.2 Å². The van der Waals surface area contributed by atoms with Gasteiger partial charge in [0.25, 0.3) is 0 Å². The van der Waals surface area contributed by atoms with E-state index in [1.54, 1.807) is 11.3 Å². The zero-order valence-electron chi connectivity index (χ0n) is 9.82. The third kappa shape index (κ3) is 2.69. The molecular weight excluding hydrogens is 284 g/mol. The smallest absolute Gasteiger partial charge is 0.0921 e. The zero-order chi connectivity index (χ0) is 11.7. The third-order valence-corrected chi connectivity index (χ3v) is 5.52. The monoisotopic (exact) mass is 302 g/mol. The van der Waals surface area contributed by atoms with Crippen LogP contribution in [-0.2, 0) is 0 Å². The lowest BCUT2D eigenvalue weighted by molar-refractivity contribution is 0.0572. The van der Waals surface area contributed by atoms with Crippen LogP contribution in [-0.4, -0.2) is 5.11 Å². The summed E-state index contributed by atoms with van der Waals surface area (Å²) in [5, 5.41) is 12.5. The molecule has 1 aliphatic rings. The third-order valence-electron chi connectivity index (χ3n) is 3.57. The molecule has 16 heavy (non-hydrogen) atoms. The lowest BCUT2D eigenvalue weighted by atomic mass is 9.74. The van der Waals surface area contributed by atoms with Crippen LogP contribution in [0.5, 0.6) is 0 Å². The number of hydrogen-bond donors (Lipinski definition) is 1. The van der Waals surface area contributed by atoms with Gasteiger partial charge in [-0.25, -0.2) is 0 Å². The van der Waals surface area contributed by atoms with Crippen LogP contribution in [0.1, 0.15) is 44.1 Å². The highest BCUT2D eigenvalue weighted by atomic mass is 79.9. The summed E-state index contributed by atoms with van der Waals surface area (Å²) in [7, 11) is 0. The minimum Gasteiger partial charge on any atom is -0.387 e. The van der Waals surface area contributed by atoms with Gasteiger partial charge in [-0.05, 0) is 64.4 Å². The molecule has 0 saturated heterocycles. The van der Waals surface area contributed by atoms with Gasteiger partial charge in [0.15, 0.2) is 0 Å². The van der Waals surface area contributed by atoms with E-state index in [9.17, 15) is 5.11 Å². The lowest BCUT2D eigenvalue weighted by Crippen LogP contribution is -2.24. The summed E-state index contributed by atoms with van der Waals surface area (Å²) >= 11 is 5.17. The maximum Gasteiger partial charge on any atom is 0.0921 e. The first-order chi connectivity index (χ1) is 7.58. The van der Waals surface area contributed by atoms with Crippen molar-refractivity contribution >= 4 is 27.3 Å². The molecule has 2 rings (SSSR count). The molecule has 3 heteroatoms. The van der Waals surface area contributed by atoms with E-state index in [0.29, 0.717) is 5.92 Å². The molecule has 1 heterocycles. The molecule has 0 aliphatic heterocycles. The van der Waals surface area contributed by atoms with Gasteiger partial charge < -0.3 is 5.11 Å². The minimum atomic E-state index is -0.278. The van der Waals surface area contributed by atoms with Gasteiger partial charge in [-0.2, -0.15) is 0 Å². The van der Waals surface area contributed by atoms with Crippen molar-refractivity contribution in [2.24, 2.45) is 17.8 Å². The Morgan fingerprint density at radius 1 is 1.31 bits per heavy atom. The summed E-state index contributed by atoms with van der Waals surface area (Å²) in [4.78, 5) is 1.10. The van der Waals surface area contributed by atoms with Gasteiger partial charge in [0.2, 0.25) is 0 Å². The van der Waals surface area contributed by atoms with Gasteiger partial charge in [0.05, 0.1) is 6.10 Å². The molecule has 0 aromatic carbocycles. The Bertz CT molecular complexity index is 339. The van der Waals surface area contributed by atoms with Crippen LogP contribution in [0.2, 0.25) is 0 Å². The quantitative estimate of drug-likeness (QED) is 0.845. The molecule has 1 aliphatic carbocycles. The number of aliphatic hydroxyl groups is 1. The van der Waals surface area contributed by atoms with Crippen molar-refractivity contribution in [3.05, 3.63) is 20.8 Å². The van der Waals surface area contributed by atoms with E-state index in [1.807, 2.05) is 11.4 Å². The van der Waals surface area contributed by atoms with E-state index in [4.69, 9.17) is 0 Å². The van der Waals surface area contributed by atoms with Crippen molar-refractivity contribution in [1.82, 2.24) is 0 Å². The summed E-state index contributed by atoms with van der Waals surface area (Å²) in [5.41, 5.74) is 0. The molecule has 0 bridgehead atoms. The molecule has 0 amide bonds. The average Bonchev–Trinajstić information content (AvgIpc) is 2.62. The second kappa shape index (κ2) is 5.19. The largest absolute Gasteiger partial charge is 0.387 e. The summed E-state index contributed by atoms with van der Waals surface area (Å²) in [6.45, 7) is 4.61. The Morgan fingerprint density at radius 3 is 2.44 bits per heavy atom. The zero-order valence-corrected chi connectivity index (χ0v) is 12.2. The van der Waals surface area contributed by atoms with Crippen molar-refractivity contribution in [2.75, 3.05) is 0 Å². The Morgan fingerprint density at radius 2 is 1.94 bits per heavy atom. The Kier molecular flexibility index (Phi) is 4.09. The number of hydrogen-bond acceptors (Lipinski definition) is 2. The fraction of sp³-hybridized carbons (Fsp3) is 0.692. The number of halogens is 1. The molecule has 1 saturated carbocycles. The van der Waals surface area contributed by atoms with Crippen molar-refractivity contribution in [1.29, 1.82) is 0 Å². The van der Waals surface area contributed by atoms with Crippen LogP contribution in [0.25, 0.3) is 0 Å². The van der Waals surface area contributed by atoms with Crippen molar-refractivity contribution in [3.8, 4) is 0 Å². The summed E-state index contributed by atoms with van der Waals surface area (Å²) in [6, 6.07) is 2.03. The van der Waals surface area contributed by atoms with Crippen molar-refractivity contribution in [3.63, 3.8) is 0 Å². The summed E-state index contributed by atoms with van der Waals surface area (Å²) in [5.74, 6) is 1.94. The van der Waals surface area contributed by atoms with E-state index < -0.39 is 0 Å². The molecule has 1 nitrogen and oxygen atoms in total. The van der Waals surface area contributed by atoms with Crippen molar-refractivity contribution < 1.29 is 5.11 Å². The van der Waals surface area contributed by atoms with Gasteiger partial charge in [-0.3, -0.25) is 0 Å². The topological polar surface area (TPSA) is 20.2 Å². The van der Waals surface area contributed by atoms with E-state index >= 15 is 0 Å². The number of thiophene rings is 1. The molecule has 1 N–H and O–H groups in total. The Balaban J connectivity index is 2.10. The van der Waals surface area contributed by atoms with Gasteiger partial charge in [0, 0.05) is 9.35 Å². The molecular formula is C13H19BrOS. The predicted molar refractivity (Wildman–Crippen MR) is 72.6 cm³/mol. The van der Waals surface area contributed by atoms with E-state index in [0.717, 1.165) is 34.0 Å². The first-order valence-corrected chi connectivity index (χ1v) is 7.66. The van der Waals surface area contributed by atoms with Crippen LogP contribution in [0, 0.1) is 17.8 Å². The minimum absolute atomic E-state index is 0.278. The van der Waals surface area contributed by atoms with Crippen LogP contribution < -0.4 is 0 Å². The Hall–Kier alpha value is 0.140. The van der Waals surface area contributed by atoms with Gasteiger partial charge >= 0.3 is 0 Å². The predicted octanol–water partition coefficient (Wildman–Crippen LogP) is 4.62. The lowest BCUT2D eigenvalue weighted by Gasteiger charge is -2.34. The standard InChI is InChI=1S/C13H19BrOS/c1-8-5-9(2)7-10(6-8)12(15)13-11(14)3-4-16-13/h3-4,8-10,12,15H,5-7H2,1-2H3. The molecule has 3 atom stereocenters.